The van der Waals surface area contributed by atoms with E-state index in [-0.39, 0.29) is 11.5 Å². The van der Waals surface area contributed by atoms with Gasteiger partial charge >= 0.3 is 0 Å². The third kappa shape index (κ3) is 3.55. The van der Waals surface area contributed by atoms with Gasteiger partial charge in [0.2, 0.25) is 0 Å². The number of carbonyl (C=O) groups excluding carboxylic acids is 1. The Balaban J connectivity index is 1.30. The van der Waals surface area contributed by atoms with E-state index in [0.717, 1.165) is 16.0 Å². The van der Waals surface area contributed by atoms with Gasteiger partial charge in [0.15, 0.2) is 5.76 Å². The van der Waals surface area contributed by atoms with Crippen molar-refractivity contribution in [3.8, 4) is 11.1 Å². The lowest BCUT2D eigenvalue weighted by Gasteiger charge is -2.33. The van der Waals surface area contributed by atoms with Crippen LogP contribution in [0.2, 0.25) is 0 Å². The highest BCUT2D eigenvalue weighted by atomic mass is 32.1. The predicted molar refractivity (Wildman–Crippen MR) is 116 cm³/mol. The number of hydrogen-bond acceptors (Lipinski definition) is 6. The van der Waals surface area contributed by atoms with Crippen LogP contribution < -0.4 is 5.56 Å². The number of nitrogens with zero attached hydrogens (tertiary/aromatic N) is 3. The van der Waals surface area contributed by atoms with Crippen molar-refractivity contribution in [2.45, 2.75) is 6.54 Å². The summed E-state index contributed by atoms with van der Waals surface area (Å²) in [6.07, 6.45) is 1.51. The van der Waals surface area contributed by atoms with Crippen LogP contribution in [-0.4, -0.2) is 51.9 Å². The Morgan fingerprint density at radius 1 is 1.10 bits per heavy atom. The molecule has 0 spiro atoms. The number of carbonyl (C=O) groups is 1. The maximum absolute atomic E-state index is 12.8. The van der Waals surface area contributed by atoms with E-state index < -0.39 is 0 Å². The fraction of sp³-hybridized carbons (Fsp3) is 0.227. The zero-order valence-electron chi connectivity index (χ0n) is 16.2. The summed E-state index contributed by atoms with van der Waals surface area (Å²) in [5.74, 6) is 0.936. The van der Waals surface area contributed by atoms with E-state index in [4.69, 9.17) is 9.40 Å². The Kier molecular flexibility index (Phi) is 4.94. The van der Waals surface area contributed by atoms with Crippen LogP contribution in [0.3, 0.4) is 0 Å². The Bertz CT molecular complexity index is 1220. The second-order valence-corrected chi connectivity index (χ2v) is 8.11. The molecule has 0 unspecified atom stereocenters. The van der Waals surface area contributed by atoms with E-state index in [0.29, 0.717) is 49.7 Å². The summed E-state index contributed by atoms with van der Waals surface area (Å²) in [6.45, 7) is 3.21. The molecule has 152 valence electrons. The number of nitrogens with one attached hydrogen (secondary N) is 1. The second-order valence-electron chi connectivity index (χ2n) is 7.25. The molecule has 1 aliphatic heterocycles. The maximum Gasteiger partial charge on any atom is 0.289 e. The average molecular weight is 420 g/mol. The molecule has 0 aliphatic carbocycles. The summed E-state index contributed by atoms with van der Waals surface area (Å²) < 4.78 is 5.21. The Hall–Kier alpha value is -3.23. The zero-order valence-corrected chi connectivity index (χ0v) is 17.0. The number of H-pyrrole nitrogens is 1. The third-order valence-electron chi connectivity index (χ3n) is 5.34. The summed E-state index contributed by atoms with van der Waals surface area (Å²) in [6, 6.07) is 13.3. The predicted octanol–water partition coefficient (Wildman–Crippen LogP) is 3.20. The third-order valence-corrected chi connectivity index (χ3v) is 6.21. The monoisotopic (exact) mass is 420 g/mol. The summed E-state index contributed by atoms with van der Waals surface area (Å²) in [5, 5.41) is 2.63. The zero-order chi connectivity index (χ0) is 20.5. The van der Waals surface area contributed by atoms with Crippen molar-refractivity contribution >= 4 is 27.5 Å². The topological polar surface area (TPSA) is 82.4 Å². The van der Waals surface area contributed by atoms with Gasteiger partial charge in [0.25, 0.3) is 11.5 Å². The molecule has 0 bridgehead atoms. The van der Waals surface area contributed by atoms with Crippen LogP contribution >= 0.6 is 11.3 Å². The highest BCUT2D eigenvalue weighted by Gasteiger charge is 2.24. The van der Waals surface area contributed by atoms with Crippen molar-refractivity contribution in [2.24, 2.45) is 0 Å². The highest BCUT2D eigenvalue weighted by Crippen LogP contribution is 2.30. The van der Waals surface area contributed by atoms with Crippen LogP contribution in [0.25, 0.3) is 21.3 Å². The van der Waals surface area contributed by atoms with Gasteiger partial charge in [-0.25, -0.2) is 4.98 Å². The van der Waals surface area contributed by atoms with Gasteiger partial charge in [0, 0.05) is 37.1 Å². The number of benzene rings is 1. The number of thiophene rings is 1. The number of furan rings is 1. The lowest BCUT2D eigenvalue weighted by Crippen LogP contribution is -2.48. The van der Waals surface area contributed by atoms with Gasteiger partial charge in [-0.2, -0.15) is 0 Å². The fourth-order valence-electron chi connectivity index (χ4n) is 3.78. The number of piperazine rings is 1. The van der Waals surface area contributed by atoms with Crippen LogP contribution in [0, 0.1) is 0 Å². The first-order valence-corrected chi connectivity index (χ1v) is 10.7. The van der Waals surface area contributed by atoms with E-state index in [1.54, 1.807) is 17.0 Å². The molecule has 1 aliphatic rings. The molecule has 7 nitrogen and oxygen atoms in total. The first-order chi connectivity index (χ1) is 14.7. The van der Waals surface area contributed by atoms with Crippen LogP contribution in [-0.2, 0) is 6.54 Å². The summed E-state index contributed by atoms with van der Waals surface area (Å²) >= 11 is 1.49. The van der Waals surface area contributed by atoms with Gasteiger partial charge < -0.3 is 14.3 Å². The molecule has 1 N–H and O–H groups in total. The van der Waals surface area contributed by atoms with E-state index in [2.05, 4.69) is 9.88 Å². The van der Waals surface area contributed by atoms with Gasteiger partial charge in [0.1, 0.15) is 10.7 Å². The molecule has 30 heavy (non-hydrogen) atoms. The van der Waals surface area contributed by atoms with Crippen molar-refractivity contribution in [1.82, 2.24) is 19.8 Å². The number of aromatic amines is 1. The van der Waals surface area contributed by atoms with Crippen LogP contribution in [0.5, 0.6) is 0 Å². The van der Waals surface area contributed by atoms with Crippen LogP contribution in [0.15, 0.2) is 63.3 Å². The minimum atomic E-state index is -0.110. The minimum absolute atomic E-state index is 0.0837. The number of fused-ring (bicyclic) bond motifs is 1. The van der Waals surface area contributed by atoms with Crippen molar-refractivity contribution in [3.05, 3.63) is 76.0 Å². The standard InChI is InChI=1S/C22H20N4O3S/c27-20-19-16(15-5-2-1-3-6-15)14-30-21(19)24-18(23-20)13-25-8-10-26(11-9-25)22(28)17-7-4-12-29-17/h1-7,12,14H,8-11,13H2,(H,23,24,27). The minimum Gasteiger partial charge on any atom is -0.459 e. The Labute approximate surface area is 176 Å². The van der Waals surface area contributed by atoms with Gasteiger partial charge in [-0.1, -0.05) is 30.3 Å². The first-order valence-electron chi connectivity index (χ1n) is 9.80. The normalized spacial score (nSPS) is 15.0. The molecule has 0 saturated carbocycles. The van der Waals surface area contributed by atoms with Gasteiger partial charge in [-0.15, -0.1) is 11.3 Å². The van der Waals surface area contributed by atoms with Crippen LogP contribution in [0.4, 0.5) is 0 Å². The molecule has 1 aromatic carbocycles. The summed E-state index contributed by atoms with van der Waals surface area (Å²) in [7, 11) is 0. The molecule has 4 aromatic rings. The second kappa shape index (κ2) is 7.89. The first kappa shape index (κ1) is 18.8. The average Bonchev–Trinajstić information content (AvgIpc) is 3.45. The number of aromatic nitrogens is 2. The Morgan fingerprint density at radius 2 is 1.90 bits per heavy atom. The fourth-order valence-corrected chi connectivity index (χ4v) is 4.74. The molecule has 0 radical (unpaired) electrons. The van der Waals surface area contributed by atoms with E-state index in [1.165, 1.54) is 17.6 Å². The largest absolute Gasteiger partial charge is 0.459 e. The van der Waals surface area contributed by atoms with Gasteiger partial charge in [-0.3, -0.25) is 14.5 Å². The van der Waals surface area contributed by atoms with Crippen molar-refractivity contribution in [1.29, 1.82) is 0 Å². The molecular formula is C22H20N4O3S. The molecule has 5 rings (SSSR count). The highest BCUT2D eigenvalue weighted by molar-refractivity contribution is 7.17. The molecule has 3 aromatic heterocycles. The van der Waals surface area contributed by atoms with Crippen molar-refractivity contribution in [3.63, 3.8) is 0 Å². The van der Waals surface area contributed by atoms with Crippen molar-refractivity contribution in [2.75, 3.05) is 26.2 Å². The summed E-state index contributed by atoms with van der Waals surface area (Å²) in [5.41, 5.74) is 1.82. The number of amides is 1. The maximum atomic E-state index is 12.8. The molecule has 8 heteroatoms. The Morgan fingerprint density at radius 3 is 2.63 bits per heavy atom. The molecule has 1 saturated heterocycles. The van der Waals surface area contributed by atoms with E-state index >= 15 is 0 Å². The molecule has 1 amide bonds. The molecular weight excluding hydrogens is 400 g/mol. The number of hydrogen-bond donors (Lipinski definition) is 1. The van der Waals surface area contributed by atoms with E-state index in [1.807, 2.05) is 35.7 Å². The van der Waals surface area contributed by atoms with Gasteiger partial charge in [0.05, 0.1) is 18.2 Å². The quantitative estimate of drug-likeness (QED) is 0.548. The molecule has 0 atom stereocenters. The summed E-state index contributed by atoms with van der Waals surface area (Å²) in [4.78, 5) is 37.6. The van der Waals surface area contributed by atoms with Crippen molar-refractivity contribution < 1.29 is 9.21 Å². The number of rotatable bonds is 4. The van der Waals surface area contributed by atoms with Gasteiger partial charge in [-0.05, 0) is 17.7 Å². The van der Waals surface area contributed by atoms with E-state index in [9.17, 15) is 9.59 Å². The SMILES string of the molecule is O=C(c1ccco1)N1CCN(Cc2nc3scc(-c4ccccc4)c3c(=O)[nH]2)CC1. The van der Waals surface area contributed by atoms with Crippen LogP contribution in [0.1, 0.15) is 16.4 Å². The lowest BCUT2D eigenvalue weighted by molar-refractivity contribution is 0.0595. The smallest absolute Gasteiger partial charge is 0.289 e. The lowest BCUT2D eigenvalue weighted by atomic mass is 10.1. The molecule has 4 heterocycles. The molecule has 1 fully saturated rings.